The number of ether oxygens (including phenoxy) is 2. The van der Waals surface area contributed by atoms with Gasteiger partial charge in [0.05, 0.1) is 18.8 Å². The van der Waals surface area contributed by atoms with Gasteiger partial charge in [0.15, 0.2) is 0 Å². The Bertz CT molecular complexity index is 337. The molecule has 1 fully saturated rings. The lowest BCUT2D eigenvalue weighted by Crippen LogP contribution is -2.56. The van der Waals surface area contributed by atoms with Crippen LogP contribution in [-0.2, 0) is 14.3 Å². The van der Waals surface area contributed by atoms with Crippen LogP contribution in [0.3, 0.4) is 0 Å². The fraction of sp³-hybridized carbons (Fsp3) is 0.846. The minimum absolute atomic E-state index is 0.0336. The van der Waals surface area contributed by atoms with Gasteiger partial charge in [0.2, 0.25) is 0 Å². The smallest absolute Gasteiger partial charge is 0.326 e. The second-order valence-corrected chi connectivity index (χ2v) is 5.12. The Balaban J connectivity index is 2.53. The van der Waals surface area contributed by atoms with Crippen LogP contribution >= 0.6 is 0 Å². The molecule has 0 spiro atoms. The molecule has 0 aromatic carbocycles. The molecule has 1 aliphatic rings. The van der Waals surface area contributed by atoms with Crippen molar-refractivity contribution in [3.05, 3.63) is 0 Å². The molecular formula is C13H24N2O5. The molecule has 0 aliphatic carbocycles. The molecule has 2 N–H and O–H groups in total. The Morgan fingerprint density at radius 2 is 2.20 bits per heavy atom. The first-order chi connectivity index (χ1) is 9.45. The molecule has 3 unspecified atom stereocenters. The lowest BCUT2D eigenvalue weighted by Gasteiger charge is -2.37. The number of carbonyl (C=O) groups is 2. The number of rotatable bonds is 6. The van der Waals surface area contributed by atoms with Crippen molar-refractivity contribution in [3.63, 3.8) is 0 Å². The first-order valence-corrected chi connectivity index (χ1v) is 6.86. The van der Waals surface area contributed by atoms with Crippen LogP contribution in [0.1, 0.15) is 26.7 Å². The van der Waals surface area contributed by atoms with Gasteiger partial charge in [-0.3, -0.25) is 0 Å². The topological polar surface area (TPSA) is 88.1 Å². The van der Waals surface area contributed by atoms with Crippen molar-refractivity contribution in [3.8, 4) is 0 Å². The molecule has 0 saturated carbocycles. The normalized spacial score (nSPS) is 24.2. The standard InChI is InChI=1S/C13H24N2O5/c1-9-8-20-10(2)7-15(9)13(18)14-11(12(16)17)5-4-6-19-3/h9-11H,4-8H2,1-3H3,(H,14,18)(H,16,17). The van der Waals surface area contributed by atoms with E-state index >= 15 is 0 Å². The van der Waals surface area contributed by atoms with Gasteiger partial charge in [0, 0.05) is 20.3 Å². The van der Waals surface area contributed by atoms with Gasteiger partial charge in [-0.25, -0.2) is 9.59 Å². The number of carboxylic acids is 1. The molecule has 0 radical (unpaired) electrons. The molecule has 7 nitrogen and oxygen atoms in total. The van der Waals surface area contributed by atoms with Crippen LogP contribution < -0.4 is 5.32 Å². The average Bonchev–Trinajstić information content (AvgIpc) is 2.40. The highest BCUT2D eigenvalue weighted by Crippen LogP contribution is 2.12. The van der Waals surface area contributed by atoms with E-state index in [-0.39, 0.29) is 18.2 Å². The van der Waals surface area contributed by atoms with Crippen LogP contribution in [0.2, 0.25) is 0 Å². The second kappa shape index (κ2) is 8.06. The highest BCUT2D eigenvalue weighted by molar-refractivity contribution is 5.82. The Morgan fingerprint density at radius 3 is 2.80 bits per heavy atom. The zero-order chi connectivity index (χ0) is 15.1. The average molecular weight is 288 g/mol. The summed E-state index contributed by atoms with van der Waals surface area (Å²) in [4.78, 5) is 25.0. The van der Waals surface area contributed by atoms with E-state index in [4.69, 9.17) is 14.6 Å². The van der Waals surface area contributed by atoms with Gasteiger partial charge in [-0.2, -0.15) is 0 Å². The van der Waals surface area contributed by atoms with Crippen molar-refractivity contribution in [1.29, 1.82) is 0 Å². The van der Waals surface area contributed by atoms with Crippen LogP contribution in [0.5, 0.6) is 0 Å². The lowest BCUT2D eigenvalue weighted by atomic mass is 10.1. The van der Waals surface area contributed by atoms with Crippen LogP contribution in [0.25, 0.3) is 0 Å². The molecule has 0 aromatic heterocycles. The van der Waals surface area contributed by atoms with E-state index in [1.807, 2.05) is 13.8 Å². The third-order valence-corrected chi connectivity index (χ3v) is 3.31. The molecular weight excluding hydrogens is 264 g/mol. The number of methoxy groups -OCH3 is 1. The molecule has 1 aliphatic heterocycles. The zero-order valence-corrected chi connectivity index (χ0v) is 12.3. The largest absolute Gasteiger partial charge is 0.480 e. The molecule has 20 heavy (non-hydrogen) atoms. The van der Waals surface area contributed by atoms with Gasteiger partial charge in [-0.05, 0) is 26.7 Å². The first kappa shape index (κ1) is 16.7. The summed E-state index contributed by atoms with van der Waals surface area (Å²) in [6.07, 6.45) is 0.903. The van der Waals surface area contributed by atoms with Crippen molar-refractivity contribution in [2.45, 2.75) is 44.9 Å². The Hall–Kier alpha value is -1.34. The Morgan fingerprint density at radius 1 is 1.50 bits per heavy atom. The number of carboxylic acid groups (broad SMARTS) is 1. The predicted molar refractivity (Wildman–Crippen MR) is 72.6 cm³/mol. The van der Waals surface area contributed by atoms with Gasteiger partial charge in [0.25, 0.3) is 0 Å². The van der Waals surface area contributed by atoms with Gasteiger partial charge in [0.1, 0.15) is 6.04 Å². The fourth-order valence-electron chi connectivity index (χ4n) is 2.11. The van der Waals surface area contributed by atoms with Gasteiger partial charge in [-0.15, -0.1) is 0 Å². The van der Waals surface area contributed by atoms with E-state index in [1.165, 1.54) is 0 Å². The molecule has 1 heterocycles. The van der Waals surface area contributed by atoms with Crippen LogP contribution in [0, 0.1) is 0 Å². The highest BCUT2D eigenvalue weighted by Gasteiger charge is 2.30. The number of carbonyl (C=O) groups excluding carboxylic acids is 1. The van der Waals surface area contributed by atoms with E-state index < -0.39 is 12.0 Å². The van der Waals surface area contributed by atoms with Crippen LogP contribution in [-0.4, -0.2) is 67.1 Å². The Labute approximate surface area is 119 Å². The Kier molecular flexibility index (Phi) is 6.74. The van der Waals surface area contributed by atoms with E-state index in [0.717, 1.165) is 0 Å². The molecule has 0 bridgehead atoms. The number of amides is 2. The van der Waals surface area contributed by atoms with Gasteiger partial charge in [-0.1, -0.05) is 0 Å². The number of nitrogens with one attached hydrogen (secondary N) is 1. The maximum absolute atomic E-state index is 12.2. The number of hydrogen-bond donors (Lipinski definition) is 2. The quantitative estimate of drug-likeness (QED) is 0.702. The van der Waals surface area contributed by atoms with Crippen molar-refractivity contribution < 1.29 is 24.2 Å². The third-order valence-electron chi connectivity index (χ3n) is 3.31. The van der Waals surface area contributed by atoms with E-state index in [1.54, 1.807) is 12.0 Å². The first-order valence-electron chi connectivity index (χ1n) is 6.86. The molecule has 3 atom stereocenters. The summed E-state index contributed by atoms with van der Waals surface area (Å²) in [6.45, 7) is 5.18. The minimum Gasteiger partial charge on any atom is -0.480 e. The summed E-state index contributed by atoms with van der Waals surface area (Å²) >= 11 is 0. The number of aliphatic carboxylic acids is 1. The number of nitrogens with zero attached hydrogens (tertiary/aromatic N) is 1. The number of urea groups is 1. The summed E-state index contributed by atoms with van der Waals surface area (Å²) < 4.78 is 10.3. The minimum atomic E-state index is -1.02. The van der Waals surface area contributed by atoms with E-state index in [9.17, 15) is 9.59 Å². The van der Waals surface area contributed by atoms with E-state index in [0.29, 0.717) is 32.6 Å². The molecule has 0 aromatic rings. The van der Waals surface area contributed by atoms with Crippen molar-refractivity contribution >= 4 is 12.0 Å². The second-order valence-electron chi connectivity index (χ2n) is 5.12. The SMILES string of the molecule is COCCCC(NC(=O)N1CC(C)OCC1C)C(=O)O. The maximum atomic E-state index is 12.2. The van der Waals surface area contributed by atoms with Gasteiger partial charge < -0.3 is 24.8 Å². The van der Waals surface area contributed by atoms with E-state index in [2.05, 4.69) is 5.32 Å². The summed E-state index contributed by atoms with van der Waals surface area (Å²) in [7, 11) is 1.56. The molecule has 116 valence electrons. The van der Waals surface area contributed by atoms with Crippen LogP contribution in [0.4, 0.5) is 4.79 Å². The summed E-state index contributed by atoms with van der Waals surface area (Å²) in [6, 6.07) is -1.29. The predicted octanol–water partition coefficient (Wildman–Crippen LogP) is 0.685. The van der Waals surface area contributed by atoms with Gasteiger partial charge >= 0.3 is 12.0 Å². The molecule has 1 saturated heterocycles. The molecule has 7 heteroatoms. The molecule has 2 amide bonds. The van der Waals surface area contributed by atoms with Crippen molar-refractivity contribution in [2.75, 3.05) is 26.9 Å². The summed E-state index contributed by atoms with van der Waals surface area (Å²) in [5.41, 5.74) is 0. The summed E-state index contributed by atoms with van der Waals surface area (Å²) in [5, 5.41) is 11.7. The maximum Gasteiger partial charge on any atom is 0.326 e. The fourth-order valence-corrected chi connectivity index (χ4v) is 2.11. The lowest BCUT2D eigenvalue weighted by molar-refractivity contribution is -0.139. The third kappa shape index (κ3) is 4.97. The highest BCUT2D eigenvalue weighted by atomic mass is 16.5. The monoisotopic (exact) mass is 288 g/mol. The van der Waals surface area contributed by atoms with Crippen LogP contribution in [0.15, 0.2) is 0 Å². The van der Waals surface area contributed by atoms with Crippen molar-refractivity contribution in [1.82, 2.24) is 10.2 Å². The number of morpholine rings is 1. The molecule has 1 rings (SSSR count). The van der Waals surface area contributed by atoms with Crippen molar-refractivity contribution in [2.24, 2.45) is 0 Å². The number of hydrogen-bond acceptors (Lipinski definition) is 4. The summed E-state index contributed by atoms with van der Waals surface area (Å²) in [5.74, 6) is -1.02. The zero-order valence-electron chi connectivity index (χ0n) is 12.3.